The molecule has 10 heteroatoms. The van der Waals surface area contributed by atoms with Gasteiger partial charge in [-0.25, -0.2) is 9.59 Å². The van der Waals surface area contributed by atoms with Crippen LogP contribution in [0.2, 0.25) is 0 Å². The number of aliphatic carboxylic acids is 1. The average molecular weight is 490 g/mol. The predicted octanol–water partition coefficient (Wildman–Crippen LogP) is 4.07. The van der Waals surface area contributed by atoms with Gasteiger partial charge in [0.15, 0.2) is 0 Å². The van der Waals surface area contributed by atoms with E-state index in [1.54, 1.807) is 5.32 Å². The smallest absolute Gasteiger partial charge is 0.419 e. The molecule has 2 amide bonds. The molecule has 0 radical (unpaired) electrons. The Balaban J connectivity index is 1.32. The summed E-state index contributed by atoms with van der Waals surface area (Å²) in [6, 6.07) is 12.8. The van der Waals surface area contributed by atoms with Gasteiger partial charge in [-0.15, -0.1) is 0 Å². The van der Waals surface area contributed by atoms with E-state index in [9.17, 15) is 27.6 Å². The summed E-state index contributed by atoms with van der Waals surface area (Å²) in [6.07, 6.45) is -4.37. The van der Waals surface area contributed by atoms with Crippen molar-refractivity contribution in [3.05, 3.63) is 59.7 Å². The fourth-order valence-corrected chi connectivity index (χ4v) is 5.02. The number of halogens is 3. The molecule has 35 heavy (non-hydrogen) atoms. The monoisotopic (exact) mass is 490 g/mol. The number of fused-ring (bicyclic) bond motifs is 3. The third-order valence-electron chi connectivity index (χ3n) is 6.71. The molecule has 2 aromatic carbocycles. The van der Waals surface area contributed by atoms with E-state index < -0.39 is 42.0 Å². The molecule has 2 aliphatic rings. The first kappa shape index (κ1) is 24.6. The number of rotatable bonds is 7. The number of benzene rings is 2. The van der Waals surface area contributed by atoms with Gasteiger partial charge < -0.3 is 20.5 Å². The molecule has 1 fully saturated rings. The van der Waals surface area contributed by atoms with Gasteiger partial charge in [0.1, 0.15) is 6.61 Å². The predicted molar refractivity (Wildman–Crippen MR) is 120 cm³/mol. The molecule has 1 saturated carbocycles. The Bertz CT molecular complexity index is 1070. The van der Waals surface area contributed by atoms with Crippen LogP contribution in [-0.2, 0) is 14.3 Å². The number of carbonyl (C=O) groups is 3. The molecule has 2 aliphatic carbocycles. The van der Waals surface area contributed by atoms with Crippen LogP contribution in [0.3, 0.4) is 0 Å². The fraction of sp³-hybridized carbons (Fsp3) is 0.400. The number of carboxylic acid groups (broad SMARTS) is 1. The van der Waals surface area contributed by atoms with Crippen molar-refractivity contribution in [2.75, 3.05) is 13.2 Å². The maximum absolute atomic E-state index is 12.9. The van der Waals surface area contributed by atoms with E-state index in [-0.39, 0.29) is 19.1 Å². The Labute approximate surface area is 199 Å². The van der Waals surface area contributed by atoms with Crippen LogP contribution >= 0.6 is 0 Å². The van der Waals surface area contributed by atoms with Crippen molar-refractivity contribution in [2.24, 2.45) is 11.8 Å². The van der Waals surface area contributed by atoms with Gasteiger partial charge >= 0.3 is 18.2 Å². The lowest BCUT2D eigenvalue weighted by Gasteiger charge is -2.23. The summed E-state index contributed by atoms with van der Waals surface area (Å²) in [4.78, 5) is 35.7. The zero-order valence-corrected chi connectivity index (χ0v) is 18.7. The molecular weight excluding hydrogens is 465 g/mol. The van der Waals surface area contributed by atoms with E-state index in [1.807, 2.05) is 48.5 Å². The first-order valence-electron chi connectivity index (χ1n) is 11.4. The Kier molecular flexibility index (Phi) is 7.00. The molecule has 0 heterocycles. The normalized spacial score (nSPS) is 20.0. The minimum Gasteiger partial charge on any atom is -0.479 e. The second-order valence-electron chi connectivity index (χ2n) is 8.83. The maximum atomic E-state index is 12.9. The number of alkyl halides is 3. The van der Waals surface area contributed by atoms with Crippen LogP contribution in [0.5, 0.6) is 0 Å². The maximum Gasteiger partial charge on any atom is 0.419 e. The highest BCUT2D eigenvalue weighted by Gasteiger charge is 2.47. The van der Waals surface area contributed by atoms with E-state index in [1.165, 1.54) is 0 Å². The highest BCUT2D eigenvalue weighted by molar-refractivity contribution is 5.86. The van der Waals surface area contributed by atoms with Crippen LogP contribution in [0.4, 0.5) is 18.0 Å². The highest BCUT2D eigenvalue weighted by atomic mass is 19.4. The van der Waals surface area contributed by atoms with Gasteiger partial charge in [-0.05, 0) is 41.0 Å². The molecule has 0 aromatic heterocycles. The minimum absolute atomic E-state index is 0.0402. The van der Waals surface area contributed by atoms with E-state index >= 15 is 0 Å². The molecule has 3 atom stereocenters. The number of carboxylic acids is 1. The second kappa shape index (κ2) is 9.97. The van der Waals surface area contributed by atoms with Crippen LogP contribution in [0.1, 0.15) is 36.3 Å². The van der Waals surface area contributed by atoms with Crippen LogP contribution in [0, 0.1) is 11.8 Å². The van der Waals surface area contributed by atoms with Crippen molar-refractivity contribution in [3.8, 4) is 11.1 Å². The molecule has 3 N–H and O–H groups in total. The quantitative estimate of drug-likeness (QED) is 0.543. The molecule has 0 spiro atoms. The lowest BCUT2D eigenvalue weighted by atomic mass is 9.94. The van der Waals surface area contributed by atoms with Gasteiger partial charge in [0.25, 0.3) is 0 Å². The number of hydrogen-bond acceptors (Lipinski definition) is 4. The van der Waals surface area contributed by atoms with Crippen LogP contribution in [0.25, 0.3) is 11.1 Å². The highest BCUT2D eigenvalue weighted by Crippen LogP contribution is 2.44. The minimum atomic E-state index is -5.10. The summed E-state index contributed by atoms with van der Waals surface area (Å²) in [5.41, 5.74) is 4.31. The molecule has 0 aliphatic heterocycles. The number of ether oxygens (including phenoxy) is 1. The van der Waals surface area contributed by atoms with Gasteiger partial charge in [0.2, 0.25) is 11.9 Å². The number of carbonyl (C=O) groups excluding carboxylic acids is 2. The molecular formula is C25H25F3N2O5. The molecule has 7 nitrogen and oxygen atoms in total. The van der Waals surface area contributed by atoms with Crippen molar-refractivity contribution < 1.29 is 37.4 Å². The zero-order chi connectivity index (χ0) is 25.2. The van der Waals surface area contributed by atoms with E-state index in [2.05, 4.69) is 5.32 Å². The lowest BCUT2D eigenvalue weighted by molar-refractivity contribution is -0.182. The summed E-state index contributed by atoms with van der Waals surface area (Å²) < 4.78 is 44.2. The summed E-state index contributed by atoms with van der Waals surface area (Å²) in [6.45, 7) is 0.152. The first-order chi connectivity index (χ1) is 16.7. The third-order valence-corrected chi connectivity index (χ3v) is 6.71. The number of alkyl carbamates (subject to hydrolysis) is 1. The topological polar surface area (TPSA) is 105 Å². The third kappa shape index (κ3) is 5.26. The summed E-state index contributed by atoms with van der Waals surface area (Å²) in [5, 5.41) is 13.0. The Hall–Kier alpha value is -3.56. The molecule has 0 saturated heterocycles. The lowest BCUT2D eigenvalue weighted by Crippen LogP contribution is -2.53. The van der Waals surface area contributed by atoms with Crippen molar-refractivity contribution in [1.82, 2.24) is 10.6 Å². The summed E-state index contributed by atoms with van der Waals surface area (Å²) >= 11 is 0. The standard InChI is InChI=1S/C25H25F3N2O5/c26-25(27,28)21(23(32)33)30-22(31)15-11-5-6-14(15)12-29-24(34)35-13-20-18-9-3-1-7-16(18)17-8-2-4-10-19(17)20/h1-4,7-10,14-15,20-21H,5-6,11-13H2,(H,29,34)(H,30,31)(H,32,33)/t14-,15-,21?/m1/s1. The van der Waals surface area contributed by atoms with Crippen molar-refractivity contribution in [2.45, 2.75) is 37.4 Å². The van der Waals surface area contributed by atoms with Gasteiger partial charge in [0, 0.05) is 18.4 Å². The van der Waals surface area contributed by atoms with Gasteiger partial charge in [-0.1, -0.05) is 55.0 Å². The van der Waals surface area contributed by atoms with E-state index in [0.717, 1.165) is 22.3 Å². The van der Waals surface area contributed by atoms with Gasteiger partial charge in [-0.3, -0.25) is 4.79 Å². The summed E-state index contributed by atoms with van der Waals surface area (Å²) in [7, 11) is 0. The molecule has 1 unspecified atom stereocenters. The zero-order valence-electron chi connectivity index (χ0n) is 18.7. The molecule has 186 valence electrons. The molecule has 0 bridgehead atoms. The first-order valence-corrected chi connectivity index (χ1v) is 11.4. The largest absolute Gasteiger partial charge is 0.479 e. The van der Waals surface area contributed by atoms with Crippen molar-refractivity contribution in [3.63, 3.8) is 0 Å². The summed E-state index contributed by atoms with van der Waals surface area (Å²) in [5.74, 6) is -4.51. The number of hydrogen-bond donors (Lipinski definition) is 3. The SMILES string of the molecule is O=C(NC[C@H]1CCC[C@H]1C(=O)NC(C(=O)O)C(F)(F)F)OCC1c2ccccc2-c2ccccc21. The Morgan fingerprint density at radius 3 is 2.17 bits per heavy atom. The van der Waals surface area contributed by atoms with Gasteiger partial charge in [0.05, 0.1) is 0 Å². The second-order valence-corrected chi connectivity index (χ2v) is 8.83. The van der Waals surface area contributed by atoms with Crippen LogP contribution in [-0.4, -0.2) is 48.4 Å². The van der Waals surface area contributed by atoms with Gasteiger partial charge in [-0.2, -0.15) is 13.2 Å². The van der Waals surface area contributed by atoms with Crippen molar-refractivity contribution in [1.29, 1.82) is 0 Å². The number of amides is 2. The van der Waals surface area contributed by atoms with Crippen molar-refractivity contribution >= 4 is 18.0 Å². The molecule has 4 rings (SSSR count). The fourth-order valence-electron chi connectivity index (χ4n) is 5.02. The Morgan fingerprint density at radius 2 is 1.60 bits per heavy atom. The molecule has 2 aromatic rings. The van der Waals surface area contributed by atoms with E-state index in [0.29, 0.717) is 19.3 Å². The number of nitrogens with one attached hydrogen (secondary N) is 2. The Morgan fingerprint density at radius 1 is 1.00 bits per heavy atom. The van der Waals surface area contributed by atoms with Crippen LogP contribution < -0.4 is 10.6 Å². The van der Waals surface area contributed by atoms with E-state index in [4.69, 9.17) is 9.84 Å². The average Bonchev–Trinajstić information content (AvgIpc) is 3.41. The van der Waals surface area contributed by atoms with Crippen LogP contribution in [0.15, 0.2) is 48.5 Å².